The van der Waals surface area contributed by atoms with Gasteiger partial charge in [-0.2, -0.15) is 0 Å². The van der Waals surface area contributed by atoms with Crippen molar-refractivity contribution < 1.29 is 22.0 Å². The summed E-state index contributed by atoms with van der Waals surface area (Å²) in [6, 6.07) is 12.4. The number of hydrogen-bond donors (Lipinski definition) is 1. The van der Waals surface area contributed by atoms with Crippen LogP contribution in [0.2, 0.25) is 0 Å². The number of anilines is 1. The molecule has 0 aliphatic rings. The van der Waals surface area contributed by atoms with E-state index in [0.29, 0.717) is 6.42 Å². The van der Waals surface area contributed by atoms with Crippen LogP contribution in [-0.4, -0.2) is 38.0 Å². The molecule has 0 atom stereocenters. The maximum Gasteiger partial charge on any atom is 0.225 e. The zero-order valence-corrected chi connectivity index (χ0v) is 15.1. The third kappa shape index (κ3) is 6.20. The van der Waals surface area contributed by atoms with Gasteiger partial charge in [0.05, 0.1) is 6.26 Å². The second kappa shape index (κ2) is 8.86. The number of rotatable bonds is 8. The molecular formula is C18H20F2N2O3S. The summed E-state index contributed by atoms with van der Waals surface area (Å²) in [7, 11) is -3.47. The highest BCUT2D eigenvalue weighted by molar-refractivity contribution is 7.88. The summed E-state index contributed by atoms with van der Waals surface area (Å²) < 4.78 is 51.1. The normalized spacial score (nSPS) is 11.5. The fourth-order valence-corrected chi connectivity index (χ4v) is 3.21. The van der Waals surface area contributed by atoms with Crippen LogP contribution in [0.4, 0.5) is 14.5 Å². The molecule has 0 aliphatic carbocycles. The van der Waals surface area contributed by atoms with Crippen molar-refractivity contribution in [3.63, 3.8) is 0 Å². The van der Waals surface area contributed by atoms with E-state index in [9.17, 15) is 22.0 Å². The highest BCUT2D eigenvalue weighted by Crippen LogP contribution is 2.13. The minimum Gasteiger partial charge on any atom is -0.326 e. The quantitative estimate of drug-likeness (QED) is 0.764. The first-order chi connectivity index (χ1) is 12.3. The van der Waals surface area contributed by atoms with Crippen molar-refractivity contribution in [2.24, 2.45) is 0 Å². The van der Waals surface area contributed by atoms with Crippen LogP contribution in [0.3, 0.4) is 0 Å². The van der Waals surface area contributed by atoms with Crippen molar-refractivity contribution in [3.05, 3.63) is 65.7 Å². The van der Waals surface area contributed by atoms with Crippen LogP contribution in [0.1, 0.15) is 12.0 Å². The Bertz CT molecular complexity index is 858. The molecule has 2 aromatic rings. The van der Waals surface area contributed by atoms with Gasteiger partial charge in [0.1, 0.15) is 0 Å². The van der Waals surface area contributed by atoms with E-state index >= 15 is 0 Å². The summed E-state index contributed by atoms with van der Waals surface area (Å²) in [4.78, 5) is 12.0. The van der Waals surface area contributed by atoms with Crippen LogP contribution in [0.15, 0.2) is 48.5 Å². The zero-order valence-electron chi connectivity index (χ0n) is 14.3. The average molecular weight is 382 g/mol. The highest BCUT2D eigenvalue weighted by atomic mass is 32.2. The molecule has 2 aromatic carbocycles. The van der Waals surface area contributed by atoms with Gasteiger partial charge in [-0.3, -0.25) is 4.79 Å². The largest absolute Gasteiger partial charge is 0.326 e. The lowest BCUT2D eigenvalue weighted by Crippen LogP contribution is -2.34. The van der Waals surface area contributed by atoms with Crippen LogP contribution >= 0.6 is 0 Å². The van der Waals surface area contributed by atoms with Gasteiger partial charge in [-0.25, -0.2) is 21.5 Å². The van der Waals surface area contributed by atoms with Gasteiger partial charge < -0.3 is 5.32 Å². The predicted octanol–water partition coefficient (Wildman–Crippen LogP) is 2.80. The van der Waals surface area contributed by atoms with Crippen molar-refractivity contribution in [3.8, 4) is 0 Å². The first-order valence-corrected chi connectivity index (χ1v) is 9.84. The molecule has 0 radical (unpaired) electrons. The fourth-order valence-electron chi connectivity index (χ4n) is 2.37. The standard InChI is InChI=1S/C18H20F2N2O3S/c1-26(24,25)22(11-9-14-5-3-2-4-6-14)12-10-18(23)21-15-7-8-16(19)17(20)13-15/h2-8,13H,9-12H2,1H3,(H,21,23). The van der Waals surface area contributed by atoms with E-state index in [1.165, 1.54) is 10.4 Å². The van der Waals surface area contributed by atoms with Gasteiger partial charge in [-0.1, -0.05) is 30.3 Å². The maximum absolute atomic E-state index is 13.1. The van der Waals surface area contributed by atoms with E-state index < -0.39 is 27.6 Å². The summed E-state index contributed by atoms with van der Waals surface area (Å²) in [5, 5.41) is 2.42. The summed E-state index contributed by atoms with van der Waals surface area (Å²) >= 11 is 0. The summed E-state index contributed by atoms with van der Waals surface area (Å²) in [5.74, 6) is -2.56. The van der Waals surface area contributed by atoms with Crippen molar-refractivity contribution in [1.82, 2.24) is 4.31 Å². The van der Waals surface area contributed by atoms with Crippen molar-refractivity contribution in [2.75, 3.05) is 24.7 Å². The first kappa shape index (κ1) is 20.0. The Labute approximate surface area is 151 Å². The number of halogens is 2. The van der Waals surface area contributed by atoms with Gasteiger partial charge in [-0.15, -0.1) is 0 Å². The molecule has 5 nitrogen and oxygen atoms in total. The van der Waals surface area contributed by atoms with Crippen LogP contribution < -0.4 is 5.32 Å². The van der Waals surface area contributed by atoms with Gasteiger partial charge in [0.15, 0.2) is 11.6 Å². The number of carbonyl (C=O) groups excluding carboxylic acids is 1. The maximum atomic E-state index is 13.1. The van der Waals surface area contributed by atoms with E-state index in [4.69, 9.17) is 0 Å². The Balaban J connectivity index is 1.91. The Morgan fingerprint density at radius 1 is 1.04 bits per heavy atom. The molecule has 0 aromatic heterocycles. The molecule has 140 valence electrons. The number of nitrogens with one attached hydrogen (secondary N) is 1. The third-order valence-electron chi connectivity index (χ3n) is 3.75. The lowest BCUT2D eigenvalue weighted by molar-refractivity contribution is -0.116. The van der Waals surface area contributed by atoms with Crippen LogP contribution in [-0.2, 0) is 21.2 Å². The van der Waals surface area contributed by atoms with Gasteiger partial charge >= 0.3 is 0 Å². The molecule has 0 heterocycles. The average Bonchev–Trinajstić information content (AvgIpc) is 2.58. The molecule has 0 spiro atoms. The first-order valence-electron chi connectivity index (χ1n) is 7.99. The highest BCUT2D eigenvalue weighted by Gasteiger charge is 2.18. The summed E-state index contributed by atoms with van der Waals surface area (Å²) in [5.41, 5.74) is 1.11. The van der Waals surface area contributed by atoms with E-state index in [1.807, 2.05) is 30.3 Å². The second-order valence-electron chi connectivity index (χ2n) is 5.82. The SMILES string of the molecule is CS(=O)(=O)N(CCC(=O)Nc1ccc(F)c(F)c1)CCc1ccccc1. The Morgan fingerprint density at radius 3 is 2.35 bits per heavy atom. The Kier molecular flexibility index (Phi) is 6.82. The topological polar surface area (TPSA) is 66.5 Å². The van der Waals surface area contributed by atoms with E-state index in [0.717, 1.165) is 24.0 Å². The van der Waals surface area contributed by atoms with Gasteiger partial charge in [-0.05, 0) is 24.1 Å². The van der Waals surface area contributed by atoms with Gasteiger partial charge in [0.25, 0.3) is 0 Å². The van der Waals surface area contributed by atoms with Crippen LogP contribution in [0.25, 0.3) is 0 Å². The molecule has 0 fully saturated rings. The van der Waals surface area contributed by atoms with E-state index in [2.05, 4.69) is 5.32 Å². The number of nitrogens with zero attached hydrogens (tertiary/aromatic N) is 1. The number of carbonyl (C=O) groups is 1. The molecule has 0 unspecified atom stereocenters. The van der Waals surface area contributed by atoms with Crippen molar-refractivity contribution in [2.45, 2.75) is 12.8 Å². The predicted molar refractivity (Wildman–Crippen MR) is 96.2 cm³/mol. The molecule has 8 heteroatoms. The molecule has 0 aliphatic heterocycles. The minimum atomic E-state index is -3.47. The monoisotopic (exact) mass is 382 g/mol. The summed E-state index contributed by atoms with van der Waals surface area (Å²) in [6.45, 7) is 0.252. The Morgan fingerprint density at radius 2 is 1.73 bits per heavy atom. The number of hydrogen-bond acceptors (Lipinski definition) is 3. The van der Waals surface area contributed by atoms with Crippen molar-refractivity contribution in [1.29, 1.82) is 0 Å². The van der Waals surface area contributed by atoms with E-state index in [-0.39, 0.29) is 25.2 Å². The van der Waals surface area contributed by atoms with E-state index in [1.54, 1.807) is 0 Å². The zero-order chi connectivity index (χ0) is 19.2. The molecule has 1 N–H and O–H groups in total. The Hall–Kier alpha value is -2.32. The van der Waals surface area contributed by atoms with Crippen LogP contribution in [0, 0.1) is 11.6 Å². The van der Waals surface area contributed by atoms with Gasteiger partial charge in [0.2, 0.25) is 15.9 Å². The molecule has 2 rings (SSSR count). The molecule has 26 heavy (non-hydrogen) atoms. The van der Waals surface area contributed by atoms with Gasteiger partial charge in [0, 0.05) is 31.3 Å². The van der Waals surface area contributed by atoms with Crippen molar-refractivity contribution >= 4 is 21.6 Å². The lowest BCUT2D eigenvalue weighted by atomic mass is 10.1. The van der Waals surface area contributed by atoms with Crippen LogP contribution in [0.5, 0.6) is 0 Å². The minimum absolute atomic E-state index is 0.00117. The fraction of sp³-hybridized carbons (Fsp3) is 0.278. The molecule has 0 saturated carbocycles. The molecule has 0 saturated heterocycles. The molecule has 0 bridgehead atoms. The number of sulfonamides is 1. The smallest absolute Gasteiger partial charge is 0.225 e. The molecular weight excluding hydrogens is 362 g/mol. The third-order valence-corrected chi connectivity index (χ3v) is 5.06. The summed E-state index contributed by atoms with van der Waals surface area (Å²) in [6.07, 6.45) is 1.52. The lowest BCUT2D eigenvalue weighted by Gasteiger charge is -2.19. The number of amides is 1. The molecule has 1 amide bonds. The second-order valence-corrected chi connectivity index (χ2v) is 7.81. The number of benzene rings is 2.